The van der Waals surface area contributed by atoms with Crippen LogP contribution in [0.5, 0.6) is 0 Å². The first kappa shape index (κ1) is 21.8. The van der Waals surface area contributed by atoms with Crippen LogP contribution in [0.3, 0.4) is 0 Å². The van der Waals surface area contributed by atoms with Gasteiger partial charge in [0.15, 0.2) is 6.23 Å². The largest absolute Gasteiger partial charge is 0.378 e. The molecule has 0 amide bonds. The molecule has 0 saturated carbocycles. The normalized spacial score (nSPS) is 22.7. The monoisotopic (exact) mass is 464 g/mol. The van der Waals surface area contributed by atoms with Crippen LogP contribution in [-0.2, 0) is 14.2 Å². The number of hydrogen-bond acceptors (Lipinski definition) is 8. The molecular formula is C25H32N6O3. The van der Waals surface area contributed by atoms with E-state index < -0.39 is 0 Å². The van der Waals surface area contributed by atoms with Gasteiger partial charge >= 0.3 is 0 Å². The molecule has 0 N–H and O–H groups in total. The molecular weight excluding hydrogens is 432 g/mol. The molecule has 6 heterocycles. The minimum Gasteiger partial charge on any atom is -0.378 e. The molecule has 9 nitrogen and oxygen atoms in total. The van der Waals surface area contributed by atoms with Gasteiger partial charge in [0.2, 0.25) is 0 Å². The maximum absolute atomic E-state index is 6.05. The van der Waals surface area contributed by atoms with E-state index in [4.69, 9.17) is 24.2 Å². The van der Waals surface area contributed by atoms with Crippen LogP contribution in [0, 0.1) is 0 Å². The molecule has 3 aromatic rings. The van der Waals surface area contributed by atoms with Gasteiger partial charge in [-0.1, -0.05) is 0 Å². The van der Waals surface area contributed by atoms with Gasteiger partial charge in [0.25, 0.3) is 0 Å². The van der Waals surface area contributed by atoms with Crippen LogP contribution in [0.4, 0.5) is 11.5 Å². The lowest BCUT2D eigenvalue weighted by atomic mass is 9.94. The highest BCUT2D eigenvalue weighted by Gasteiger charge is 2.40. The van der Waals surface area contributed by atoms with Crippen molar-refractivity contribution in [3.05, 3.63) is 30.6 Å². The molecule has 3 aliphatic rings. The number of hydrogen-bond donors (Lipinski definition) is 0. The molecule has 0 aliphatic carbocycles. The highest BCUT2D eigenvalue weighted by Crippen LogP contribution is 2.39. The Morgan fingerprint density at radius 1 is 1.06 bits per heavy atom. The summed E-state index contributed by atoms with van der Waals surface area (Å²) in [5.74, 6) is 0.964. The zero-order valence-corrected chi connectivity index (χ0v) is 19.9. The van der Waals surface area contributed by atoms with E-state index in [0.717, 1.165) is 80.2 Å². The van der Waals surface area contributed by atoms with E-state index >= 15 is 0 Å². The molecule has 1 atom stereocenters. The van der Waals surface area contributed by atoms with Crippen LogP contribution in [0.15, 0.2) is 30.6 Å². The lowest BCUT2D eigenvalue weighted by molar-refractivity contribution is -0.0383. The van der Waals surface area contributed by atoms with Crippen molar-refractivity contribution in [2.75, 3.05) is 62.9 Å². The van der Waals surface area contributed by atoms with Crippen molar-refractivity contribution < 1.29 is 14.2 Å². The van der Waals surface area contributed by atoms with Crippen LogP contribution in [0.1, 0.15) is 32.4 Å². The van der Waals surface area contributed by atoms with E-state index in [2.05, 4.69) is 34.0 Å². The summed E-state index contributed by atoms with van der Waals surface area (Å²) >= 11 is 0. The zero-order valence-electron chi connectivity index (χ0n) is 19.9. The number of pyridine rings is 2. The van der Waals surface area contributed by atoms with Crippen LogP contribution in [0.25, 0.3) is 22.3 Å². The molecule has 3 saturated heterocycles. The Bertz CT molecular complexity index is 1160. The van der Waals surface area contributed by atoms with Gasteiger partial charge in [0, 0.05) is 63.7 Å². The Labute approximate surface area is 199 Å². The molecule has 3 fully saturated rings. The van der Waals surface area contributed by atoms with Gasteiger partial charge in [-0.2, -0.15) is 5.10 Å². The van der Waals surface area contributed by atoms with Crippen LogP contribution in [-0.4, -0.2) is 78.5 Å². The smallest absolute Gasteiger partial charge is 0.150 e. The molecule has 0 aromatic carbocycles. The summed E-state index contributed by atoms with van der Waals surface area (Å²) in [5.41, 5.74) is 3.73. The van der Waals surface area contributed by atoms with Crippen molar-refractivity contribution in [1.29, 1.82) is 0 Å². The second-order valence-corrected chi connectivity index (χ2v) is 9.65. The lowest BCUT2D eigenvalue weighted by Crippen LogP contribution is -2.61. The summed E-state index contributed by atoms with van der Waals surface area (Å²) in [5, 5.41) is 5.72. The third-order valence-electron chi connectivity index (χ3n) is 7.25. The number of aromatic nitrogens is 4. The molecule has 0 bridgehead atoms. The summed E-state index contributed by atoms with van der Waals surface area (Å²) in [6.07, 6.45) is 6.86. The second-order valence-electron chi connectivity index (χ2n) is 9.65. The van der Waals surface area contributed by atoms with Gasteiger partial charge in [-0.3, -0.25) is 4.98 Å². The number of morpholine rings is 1. The van der Waals surface area contributed by atoms with Crippen molar-refractivity contribution in [3.63, 3.8) is 0 Å². The Morgan fingerprint density at radius 2 is 1.91 bits per heavy atom. The van der Waals surface area contributed by atoms with Gasteiger partial charge in [0.1, 0.15) is 17.0 Å². The summed E-state index contributed by atoms with van der Waals surface area (Å²) in [6, 6.07) is 6.31. The fourth-order valence-corrected chi connectivity index (χ4v) is 5.23. The van der Waals surface area contributed by atoms with Crippen LogP contribution >= 0.6 is 0 Å². The molecule has 1 unspecified atom stereocenters. The van der Waals surface area contributed by atoms with Crippen LogP contribution in [0.2, 0.25) is 0 Å². The Kier molecular flexibility index (Phi) is 5.63. The fourth-order valence-electron chi connectivity index (χ4n) is 5.23. The number of methoxy groups -OCH3 is 1. The van der Waals surface area contributed by atoms with E-state index in [1.165, 1.54) is 5.69 Å². The average Bonchev–Trinajstić information content (AvgIpc) is 3.37. The van der Waals surface area contributed by atoms with Gasteiger partial charge in [0.05, 0.1) is 30.2 Å². The first-order valence-electron chi connectivity index (χ1n) is 12.2. The molecule has 0 spiro atoms. The molecule has 180 valence electrons. The van der Waals surface area contributed by atoms with Crippen LogP contribution < -0.4 is 9.80 Å². The van der Waals surface area contributed by atoms with E-state index in [0.29, 0.717) is 13.2 Å². The van der Waals surface area contributed by atoms with Gasteiger partial charge in [-0.25, -0.2) is 9.67 Å². The van der Waals surface area contributed by atoms with Crippen molar-refractivity contribution >= 4 is 22.4 Å². The Hall–Kier alpha value is -2.75. The molecule has 3 aliphatic heterocycles. The van der Waals surface area contributed by atoms with E-state index in [9.17, 15) is 0 Å². The van der Waals surface area contributed by atoms with Gasteiger partial charge < -0.3 is 24.0 Å². The van der Waals surface area contributed by atoms with Crippen molar-refractivity contribution in [3.8, 4) is 11.4 Å². The maximum Gasteiger partial charge on any atom is 0.150 e. The lowest BCUT2D eigenvalue weighted by Gasteiger charge is -2.48. The predicted molar refractivity (Wildman–Crippen MR) is 130 cm³/mol. The van der Waals surface area contributed by atoms with E-state index in [1.54, 1.807) is 7.11 Å². The number of anilines is 2. The summed E-state index contributed by atoms with van der Waals surface area (Å²) in [7, 11) is 1.79. The molecule has 34 heavy (non-hydrogen) atoms. The SMILES string of the molecule is COC1(C)CN(c2cc(N3CCOCC3)nc3c(-c4ccnn4C4CCCCO4)nccc23)C1. The highest BCUT2D eigenvalue weighted by atomic mass is 16.5. The zero-order chi connectivity index (χ0) is 23.1. The number of nitrogens with zero attached hydrogens (tertiary/aromatic N) is 6. The standard InChI is InChI=1S/C25H32N6O3/c1-25(32-2)16-30(17-25)20-15-21(29-10-13-33-14-11-29)28-23-18(20)6-8-26-24(23)19-7-9-27-31(19)22-5-3-4-12-34-22/h6-9,15,22H,3-5,10-14,16-17H2,1-2H3. The minimum atomic E-state index is -0.123. The Balaban J connectivity index is 1.48. The molecule has 9 heteroatoms. The third kappa shape index (κ3) is 3.81. The summed E-state index contributed by atoms with van der Waals surface area (Å²) in [4.78, 5) is 14.7. The van der Waals surface area contributed by atoms with Gasteiger partial charge in [-0.15, -0.1) is 0 Å². The average molecular weight is 465 g/mol. The molecule has 0 radical (unpaired) electrons. The molecule has 3 aromatic heterocycles. The highest BCUT2D eigenvalue weighted by molar-refractivity contribution is 6.00. The number of rotatable bonds is 5. The van der Waals surface area contributed by atoms with E-state index in [1.807, 2.05) is 23.1 Å². The number of fused-ring (bicyclic) bond motifs is 1. The second kappa shape index (κ2) is 8.79. The third-order valence-corrected chi connectivity index (χ3v) is 7.25. The topological polar surface area (TPSA) is 77.8 Å². The fraction of sp³-hybridized carbons (Fsp3) is 0.560. The summed E-state index contributed by atoms with van der Waals surface area (Å²) < 4.78 is 19.3. The first-order valence-corrected chi connectivity index (χ1v) is 12.2. The first-order chi connectivity index (χ1) is 16.6. The van der Waals surface area contributed by atoms with Crippen molar-refractivity contribution in [2.45, 2.75) is 38.0 Å². The molecule has 6 rings (SSSR count). The van der Waals surface area contributed by atoms with Crippen molar-refractivity contribution in [1.82, 2.24) is 19.7 Å². The number of ether oxygens (including phenoxy) is 3. The quantitative estimate of drug-likeness (QED) is 0.570. The van der Waals surface area contributed by atoms with Gasteiger partial charge in [-0.05, 0) is 38.3 Å². The predicted octanol–water partition coefficient (Wildman–Crippen LogP) is 3.25. The van der Waals surface area contributed by atoms with Crippen molar-refractivity contribution in [2.24, 2.45) is 0 Å². The minimum absolute atomic E-state index is 0.0597. The van der Waals surface area contributed by atoms with E-state index in [-0.39, 0.29) is 11.8 Å². The maximum atomic E-state index is 6.05. The summed E-state index contributed by atoms with van der Waals surface area (Å²) in [6.45, 7) is 7.70. The Morgan fingerprint density at radius 3 is 2.68 bits per heavy atom.